The summed E-state index contributed by atoms with van der Waals surface area (Å²) < 4.78 is 25.6. The lowest BCUT2D eigenvalue weighted by molar-refractivity contribution is 0.141. The molecule has 2 aliphatic rings. The molecule has 2 atom stereocenters. The van der Waals surface area contributed by atoms with Crippen LogP contribution in [0, 0.1) is 6.92 Å². The molecule has 0 saturated carbocycles. The highest BCUT2D eigenvalue weighted by molar-refractivity contribution is 7.91. The number of fused-ring (bicyclic) bond motifs is 1. The van der Waals surface area contributed by atoms with Gasteiger partial charge in [0.05, 0.1) is 23.7 Å². The summed E-state index contributed by atoms with van der Waals surface area (Å²) >= 11 is 0. The van der Waals surface area contributed by atoms with E-state index in [1.165, 1.54) is 5.56 Å². The first-order chi connectivity index (χ1) is 9.98. The molecule has 0 unspecified atom stereocenters. The minimum Gasteiger partial charge on any atom is -0.310 e. The van der Waals surface area contributed by atoms with Gasteiger partial charge in [0.25, 0.3) is 0 Å². The monoisotopic (exact) mass is 310 g/mol. The van der Waals surface area contributed by atoms with Gasteiger partial charge in [-0.2, -0.15) is 5.10 Å². The summed E-state index contributed by atoms with van der Waals surface area (Å²) in [5.41, 5.74) is 2.18. The van der Waals surface area contributed by atoms with E-state index in [1.54, 1.807) is 0 Å². The van der Waals surface area contributed by atoms with Gasteiger partial charge in [0.15, 0.2) is 9.84 Å². The van der Waals surface area contributed by atoms with E-state index in [-0.39, 0.29) is 23.6 Å². The van der Waals surface area contributed by atoms with Crippen LogP contribution in [-0.2, 0) is 22.9 Å². The fourth-order valence-corrected chi connectivity index (χ4v) is 5.29. The Kier molecular flexibility index (Phi) is 3.90. The van der Waals surface area contributed by atoms with Crippen LogP contribution in [-0.4, -0.2) is 59.8 Å². The van der Waals surface area contributed by atoms with Crippen LogP contribution in [0.4, 0.5) is 0 Å². The van der Waals surface area contributed by atoms with Crippen LogP contribution in [0.5, 0.6) is 0 Å². The normalized spacial score (nSPS) is 28.4. The average molecular weight is 310 g/mol. The Balaban J connectivity index is 1.76. The molecule has 0 amide bonds. The van der Waals surface area contributed by atoms with E-state index in [0.29, 0.717) is 6.54 Å². The first-order valence-electron chi connectivity index (χ1n) is 7.30. The molecule has 0 bridgehead atoms. The summed E-state index contributed by atoms with van der Waals surface area (Å²) in [5, 5.41) is 7.80. The number of allylic oxidation sites excluding steroid dienone is 1. The number of aromatic nitrogens is 2. The third-order valence-electron chi connectivity index (χ3n) is 4.33. The van der Waals surface area contributed by atoms with E-state index in [4.69, 9.17) is 0 Å². The largest absolute Gasteiger partial charge is 0.310 e. The number of piperazine rings is 1. The predicted octanol–water partition coefficient (Wildman–Crippen LogP) is -0.0517. The predicted molar refractivity (Wildman–Crippen MR) is 81.8 cm³/mol. The molecule has 1 N–H and O–H groups in total. The minimum absolute atomic E-state index is 0.0762. The van der Waals surface area contributed by atoms with Crippen LogP contribution < -0.4 is 5.32 Å². The fraction of sp³-hybridized carbons (Fsp3) is 0.643. The zero-order chi connectivity index (χ0) is 15.0. The van der Waals surface area contributed by atoms with Gasteiger partial charge in [-0.25, -0.2) is 8.42 Å². The van der Waals surface area contributed by atoms with Crippen molar-refractivity contribution in [3.8, 4) is 0 Å². The maximum absolute atomic E-state index is 11.9. The van der Waals surface area contributed by atoms with Gasteiger partial charge in [-0.3, -0.25) is 9.58 Å². The second-order valence-electron chi connectivity index (χ2n) is 5.93. The van der Waals surface area contributed by atoms with E-state index < -0.39 is 9.84 Å². The molecule has 2 fully saturated rings. The van der Waals surface area contributed by atoms with Crippen molar-refractivity contribution in [3.63, 3.8) is 0 Å². The lowest BCUT2D eigenvalue weighted by atomic mass is 10.1. The Labute approximate surface area is 125 Å². The molecule has 1 aromatic heterocycles. The maximum Gasteiger partial charge on any atom is 0.153 e. The van der Waals surface area contributed by atoms with Crippen molar-refractivity contribution >= 4 is 9.84 Å². The Bertz CT molecular complexity index is 637. The average Bonchev–Trinajstić information content (AvgIpc) is 2.89. The van der Waals surface area contributed by atoms with Crippen LogP contribution in [0.25, 0.3) is 0 Å². The van der Waals surface area contributed by atoms with Gasteiger partial charge in [0.2, 0.25) is 0 Å². The molecule has 21 heavy (non-hydrogen) atoms. The standard InChI is InChI=1S/C14H22N4O2S/c1-3-5-18-8-12(11(2)16-18)7-17-6-4-15-13-9-21(19,20)10-14(13)17/h3,8,13-15H,1,4-7,9-10H2,2H3/t13-,14+/m1/s1. The molecule has 0 spiro atoms. The summed E-state index contributed by atoms with van der Waals surface area (Å²) in [5.74, 6) is 0.535. The van der Waals surface area contributed by atoms with E-state index in [0.717, 1.165) is 25.3 Å². The number of sulfone groups is 1. The lowest BCUT2D eigenvalue weighted by Gasteiger charge is -2.37. The summed E-state index contributed by atoms with van der Waals surface area (Å²) in [6.07, 6.45) is 3.86. The highest BCUT2D eigenvalue weighted by Gasteiger charge is 2.42. The van der Waals surface area contributed by atoms with Crippen LogP contribution in [0.2, 0.25) is 0 Å². The van der Waals surface area contributed by atoms with Gasteiger partial charge in [0, 0.05) is 43.5 Å². The molecule has 2 saturated heterocycles. The SMILES string of the molecule is C=CCn1cc(CN2CCN[C@@H]3CS(=O)(=O)C[C@@H]32)c(C)n1. The van der Waals surface area contributed by atoms with Crippen LogP contribution in [0.3, 0.4) is 0 Å². The van der Waals surface area contributed by atoms with Gasteiger partial charge >= 0.3 is 0 Å². The molecule has 1 aromatic rings. The first-order valence-corrected chi connectivity index (χ1v) is 9.12. The molecule has 7 heteroatoms. The topological polar surface area (TPSA) is 67.2 Å². The molecule has 116 valence electrons. The number of aryl methyl sites for hydroxylation is 1. The summed E-state index contributed by atoms with van der Waals surface area (Å²) in [6.45, 7) is 8.91. The molecule has 3 heterocycles. The second-order valence-corrected chi connectivity index (χ2v) is 8.08. The smallest absolute Gasteiger partial charge is 0.153 e. The van der Waals surface area contributed by atoms with Crippen LogP contribution in [0.1, 0.15) is 11.3 Å². The number of hydrogen-bond donors (Lipinski definition) is 1. The Morgan fingerprint density at radius 2 is 2.33 bits per heavy atom. The van der Waals surface area contributed by atoms with Crippen molar-refractivity contribution in [3.05, 3.63) is 30.1 Å². The van der Waals surface area contributed by atoms with Gasteiger partial charge in [-0.15, -0.1) is 6.58 Å². The number of nitrogens with one attached hydrogen (secondary N) is 1. The molecule has 0 radical (unpaired) electrons. The van der Waals surface area contributed by atoms with Crippen molar-refractivity contribution in [1.29, 1.82) is 0 Å². The summed E-state index contributed by atoms with van der Waals surface area (Å²) in [4.78, 5) is 2.29. The summed E-state index contributed by atoms with van der Waals surface area (Å²) in [7, 11) is -2.91. The number of hydrogen-bond acceptors (Lipinski definition) is 5. The quantitative estimate of drug-likeness (QED) is 0.790. The zero-order valence-corrected chi connectivity index (χ0v) is 13.1. The Morgan fingerprint density at radius 3 is 3.10 bits per heavy atom. The van der Waals surface area contributed by atoms with E-state index in [1.807, 2.05) is 23.9 Å². The molecule has 3 rings (SSSR count). The maximum atomic E-state index is 11.9. The van der Waals surface area contributed by atoms with Crippen molar-refractivity contribution < 1.29 is 8.42 Å². The lowest BCUT2D eigenvalue weighted by Crippen LogP contribution is -2.56. The van der Waals surface area contributed by atoms with Crippen molar-refractivity contribution in [1.82, 2.24) is 20.0 Å². The van der Waals surface area contributed by atoms with Crippen molar-refractivity contribution in [2.75, 3.05) is 24.6 Å². The highest BCUT2D eigenvalue weighted by atomic mass is 32.2. The van der Waals surface area contributed by atoms with Crippen LogP contribution in [0.15, 0.2) is 18.9 Å². The first kappa shape index (κ1) is 14.7. The molecule has 0 aromatic carbocycles. The Morgan fingerprint density at radius 1 is 1.52 bits per heavy atom. The molecule has 0 aliphatic carbocycles. The van der Waals surface area contributed by atoms with Crippen LogP contribution >= 0.6 is 0 Å². The van der Waals surface area contributed by atoms with E-state index >= 15 is 0 Å². The highest BCUT2D eigenvalue weighted by Crippen LogP contribution is 2.23. The number of rotatable bonds is 4. The molecular formula is C14H22N4O2S. The van der Waals surface area contributed by atoms with Crippen molar-refractivity contribution in [2.24, 2.45) is 0 Å². The third kappa shape index (κ3) is 3.04. The van der Waals surface area contributed by atoms with Crippen molar-refractivity contribution in [2.45, 2.75) is 32.1 Å². The molecule has 2 aliphatic heterocycles. The second kappa shape index (κ2) is 5.55. The number of nitrogens with zero attached hydrogens (tertiary/aromatic N) is 3. The van der Waals surface area contributed by atoms with Gasteiger partial charge in [0.1, 0.15) is 0 Å². The van der Waals surface area contributed by atoms with E-state index in [2.05, 4.69) is 21.9 Å². The van der Waals surface area contributed by atoms with Gasteiger partial charge in [-0.1, -0.05) is 6.08 Å². The Hall–Kier alpha value is -1.18. The van der Waals surface area contributed by atoms with Gasteiger partial charge in [-0.05, 0) is 6.92 Å². The fourth-order valence-electron chi connectivity index (χ4n) is 3.30. The van der Waals surface area contributed by atoms with Gasteiger partial charge < -0.3 is 5.32 Å². The minimum atomic E-state index is -2.91. The third-order valence-corrected chi connectivity index (χ3v) is 6.05. The van der Waals surface area contributed by atoms with E-state index in [9.17, 15) is 8.42 Å². The molecular weight excluding hydrogens is 288 g/mol. The molecule has 6 nitrogen and oxygen atoms in total. The summed E-state index contributed by atoms with van der Waals surface area (Å²) in [6, 6.07) is 0.165. The zero-order valence-electron chi connectivity index (χ0n) is 12.3.